The molecular formula is C22H32F4O2. The van der Waals surface area contributed by atoms with Crippen LogP contribution in [0.4, 0.5) is 17.6 Å². The molecule has 1 rings (SSSR count). The van der Waals surface area contributed by atoms with Crippen molar-refractivity contribution in [3.05, 3.63) is 35.1 Å². The molecule has 0 fully saturated rings. The zero-order valence-electron chi connectivity index (χ0n) is 16.9. The van der Waals surface area contributed by atoms with Crippen LogP contribution in [0.3, 0.4) is 0 Å². The maximum absolute atomic E-state index is 13.2. The van der Waals surface area contributed by atoms with Crippen LogP contribution in [0.2, 0.25) is 0 Å². The number of unbranched alkanes of at least 4 members (excludes halogenated alkanes) is 8. The summed E-state index contributed by atoms with van der Waals surface area (Å²) < 4.78 is 57.6. The van der Waals surface area contributed by atoms with E-state index in [-0.39, 0.29) is 0 Å². The Kier molecular flexibility index (Phi) is 11.2. The molecule has 0 heterocycles. The lowest BCUT2D eigenvalue weighted by molar-refractivity contribution is -0.138. The van der Waals surface area contributed by atoms with Gasteiger partial charge in [-0.15, -0.1) is 0 Å². The van der Waals surface area contributed by atoms with E-state index in [0.717, 1.165) is 31.4 Å². The molecular weight excluding hydrogens is 372 g/mol. The van der Waals surface area contributed by atoms with Crippen LogP contribution < -0.4 is 0 Å². The fourth-order valence-electron chi connectivity index (χ4n) is 3.17. The third kappa shape index (κ3) is 9.07. The highest BCUT2D eigenvalue weighted by molar-refractivity contribution is 5.91. The van der Waals surface area contributed by atoms with Gasteiger partial charge in [-0.3, -0.25) is 0 Å². The van der Waals surface area contributed by atoms with Gasteiger partial charge in [0.1, 0.15) is 11.9 Å². The van der Waals surface area contributed by atoms with Crippen LogP contribution >= 0.6 is 0 Å². The molecule has 0 amide bonds. The van der Waals surface area contributed by atoms with Crippen molar-refractivity contribution in [2.24, 2.45) is 0 Å². The fourth-order valence-corrected chi connectivity index (χ4v) is 3.17. The first-order chi connectivity index (χ1) is 13.3. The predicted octanol–water partition coefficient (Wildman–Crippen LogP) is 7.70. The minimum atomic E-state index is -4.81. The van der Waals surface area contributed by atoms with Gasteiger partial charge in [-0.1, -0.05) is 65.2 Å². The van der Waals surface area contributed by atoms with Gasteiger partial charge >= 0.3 is 12.1 Å². The van der Waals surface area contributed by atoms with Gasteiger partial charge < -0.3 is 4.74 Å². The van der Waals surface area contributed by atoms with Gasteiger partial charge in [0.15, 0.2) is 0 Å². The number of ether oxygens (including phenoxy) is 1. The Labute approximate surface area is 165 Å². The van der Waals surface area contributed by atoms with Crippen molar-refractivity contribution in [2.75, 3.05) is 0 Å². The second-order valence-electron chi connectivity index (χ2n) is 7.24. The second-order valence-corrected chi connectivity index (χ2v) is 7.24. The first-order valence-corrected chi connectivity index (χ1v) is 10.4. The highest BCUT2D eigenvalue weighted by Crippen LogP contribution is 2.33. The minimum absolute atomic E-state index is 0.331. The minimum Gasteiger partial charge on any atom is -0.459 e. The average Bonchev–Trinajstić information content (AvgIpc) is 2.64. The molecule has 0 saturated carbocycles. The zero-order chi connectivity index (χ0) is 21.0. The van der Waals surface area contributed by atoms with E-state index in [1.54, 1.807) is 0 Å². The number of hydrogen-bond donors (Lipinski definition) is 0. The molecule has 0 aliphatic carbocycles. The zero-order valence-corrected chi connectivity index (χ0v) is 16.9. The summed E-state index contributed by atoms with van der Waals surface area (Å²) in [6, 6.07) is 2.01. The molecule has 0 radical (unpaired) electrons. The third-order valence-corrected chi connectivity index (χ3v) is 4.87. The summed E-state index contributed by atoms with van der Waals surface area (Å²) in [5, 5.41) is 0. The first-order valence-electron chi connectivity index (χ1n) is 10.4. The number of carbonyl (C=O) groups excluding carboxylic acids is 1. The lowest BCUT2D eigenvalue weighted by Crippen LogP contribution is -2.21. The van der Waals surface area contributed by atoms with Crippen LogP contribution in [0.5, 0.6) is 0 Å². The normalized spacial score (nSPS) is 12.8. The van der Waals surface area contributed by atoms with E-state index < -0.39 is 35.2 Å². The molecule has 6 heteroatoms. The Morgan fingerprint density at radius 3 is 2.07 bits per heavy atom. The van der Waals surface area contributed by atoms with E-state index >= 15 is 0 Å². The van der Waals surface area contributed by atoms with Crippen molar-refractivity contribution in [1.29, 1.82) is 0 Å². The highest BCUT2D eigenvalue weighted by Gasteiger charge is 2.36. The number of rotatable bonds is 13. The van der Waals surface area contributed by atoms with Gasteiger partial charge in [0.05, 0.1) is 11.1 Å². The summed E-state index contributed by atoms with van der Waals surface area (Å²) in [4.78, 5) is 12.2. The quantitative estimate of drug-likeness (QED) is 0.191. The van der Waals surface area contributed by atoms with Gasteiger partial charge in [0.2, 0.25) is 0 Å². The Bertz CT molecular complexity index is 584. The summed E-state index contributed by atoms with van der Waals surface area (Å²) in [6.07, 6.45) is 6.42. The van der Waals surface area contributed by atoms with Crippen molar-refractivity contribution in [3.63, 3.8) is 0 Å². The standard InChI is InChI=1S/C22H32F4O2/c1-3-5-6-7-8-9-10-11-12-13-18(4-2)28-21(27)19-15-14-17(23)16-20(19)22(24,25)26/h14-16,18H,3-13H2,1-2H3. The van der Waals surface area contributed by atoms with Gasteiger partial charge in [-0.05, 0) is 37.5 Å². The summed E-state index contributed by atoms with van der Waals surface area (Å²) in [7, 11) is 0. The van der Waals surface area contributed by atoms with E-state index in [4.69, 9.17) is 4.74 Å². The van der Waals surface area contributed by atoms with E-state index in [1.807, 2.05) is 6.92 Å². The molecule has 1 aromatic rings. The number of alkyl halides is 3. The molecule has 160 valence electrons. The lowest BCUT2D eigenvalue weighted by atomic mass is 10.0. The Hall–Kier alpha value is -1.59. The monoisotopic (exact) mass is 404 g/mol. The number of esters is 1. The van der Waals surface area contributed by atoms with E-state index in [0.29, 0.717) is 18.9 Å². The van der Waals surface area contributed by atoms with E-state index in [2.05, 4.69) is 6.92 Å². The van der Waals surface area contributed by atoms with Gasteiger partial charge in [0, 0.05) is 0 Å². The molecule has 2 nitrogen and oxygen atoms in total. The Morgan fingerprint density at radius 2 is 1.54 bits per heavy atom. The molecule has 0 spiro atoms. The molecule has 0 bridgehead atoms. The molecule has 0 aromatic heterocycles. The molecule has 0 aliphatic rings. The number of carbonyl (C=O) groups is 1. The maximum Gasteiger partial charge on any atom is 0.417 e. The number of halogens is 4. The molecule has 0 aliphatic heterocycles. The Balaban J connectivity index is 2.44. The SMILES string of the molecule is CCCCCCCCCCCC(CC)OC(=O)c1ccc(F)cc1C(F)(F)F. The molecule has 0 saturated heterocycles. The molecule has 1 unspecified atom stereocenters. The highest BCUT2D eigenvalue weighted by atomic mass is 19.4. The lowest BCUT2D eigenvalue weighted by Gasteiger charge is -2.18. The third-order valence-electron chi connectivity index (χ3n) is 4.87. The van der Waals surface area contributed by atoms with Crippen molar-refractivity contribution in [2.45, 2.75) is 96.8 Å². The van der Waals surface area contributed by atoms with E-state index in [9.17, 15) is 22.4 Å². The maximum atomic E-state index is 13.2. The summed E-state index contributed by atoms with van der Waals surface area (Å²) in [5.74, 6) is -2.08. The van der Waals surface area contributed by atoms with E-state index in [1.165, 1.54) is 38.5 Å². The van der Waals surface area contributed by atoms with Crippen LogP contribution in [0, 0.1) is 5.82 Å². The molecule has 28 heavy (non-hydrogen) atoms. The van der Waals surface area contributed by atoms with Crippen molar-refractivity contribution >= 4 is 5.97 Å². The summed E-state index contributed by atoms with van der Waals surface area (Å²) in [5.41, 5.74) is -1.94. The van der Waals surface area contributed by atoms with Crippen molar-refractivity contribution in [1.82, 2.24) is 0 Å². The van der Waals surface area contributed by atoms with Crippen LogP contribution in [0.1, 0.15) is 100 Å². The number of benzene rings is 1. The van der Waals surface area contributed by atoms with Gasteiger partial charge in [0.25, 0.3) is 0 Å². The summed E-state index contributed by atoms with van der Waals surface area (Å²) in [6.45, 7) is 4.03. The first kappa shape index (κ1) is 24.4. The fraction of sp³-hybridized carbons (Fsp3) is 0.682. The number of hydrogen-bond acceptors (Lipinski definition) is 2. The van der Waals surface area contributed by atoms with Crippen LogP contribution in [-0.2, 0) is 10.9 Å². The van der Waals surface area contributed by atoms with Crippen molar-refractivity contribution < 1.29 is 27.1 Å². The van der Waals surface area contributed by atoms with Crippen molar-refractivity contribution in [3.8, 4) is 0 Å². The molecule has 1 aromatic carbocycles. The van der Waals surface area contributed by atoms with Crippen LogP contribution in [-0.4, -0.2) is 12.1 Å². The predicted molar refractivity (Wildman–Crippen MR) is 103 cm³/mol. The van der Waals surface area contributed by atoms with Gasteiger partial charge in [-0.25, -0.2) is 9.18 Å². The smallest absolute Gasteiger partial charge is 0.417 e. The molecule has 0 N–H and O–H groups in total. The van der Waals surface area contributed by atoms with Crippen LogP contribution in [0.25, 0.3) is 0 Å². The topological polar surface area (TPSA) is 26.3 Å². The largest absolute Gasteiger partial charge is 0.459 e. The molecule has 1 atom stereocenters. The van der Waals surface area contributed by atoms with Gasteiger partial charge in [-0.2, -0.15) is 13.2 Å². The Morgan fingerprint density at radius 1 is 0.964 bits per heavy atom. The summed E-state index contributed by atoms with van der Waals surface area (Å²) >= 11 is 0. The second kappa shape index (κ2) is 12.8. The van der Waals surface area contributed by atoms with Crippen LogP contribution in [0.15, 0.2) is 18.2 Å². The average molecular weight is 404 g/mol.